The maximum absolute atomic E-state index is 13.6. The number of benzene rings is 1. The first-order valence-electron chi connectivity index (χ1n) is 15.3. The van der Waals surface area contributed by atoms with E-state index in [1.807, 2.05) is 43.3 Å². The van der Waals surface area contributed by atoms with Gasteiger partial charge in [-0.3, -0.25) is 9.59 Å². The number of rotatable bonds is 8. The first kappa shape index (κ1) is 30.2. The van der Waals surface area contributed by atoms with Crippen molar-refractivity contribution in [3.63, 3.8) is 0 Å². The van der Waals surface area contributed by atoms with Gasteiger partial charge in [-0.05, 0) is 57.4 Å². The van der Waals surface area contributed by atoms with E-state index in [9.17, 15) is 9.59 Å². The Kier molecular flexibility index (Phi) is 8.97. The maximum Gasteiger partial charge on any atom is 0.255 e. The Morgan fingerprint density at radius 2 is 1.98 bits per heavy atom. The summed E-state index contributed by atoms with van der Waals surface area (Å²) in [5, 5.41) is 10.3. The quantitative estimate of drug-likeness (QED) is 0.346. The van der Waals surface area contributed by atoms with E-state index in [0.717, 1.165) is 55.1 Å². The normalized spacial score (nSPS) is 20.3. The lowest BCUT2D eigenvalue weighted by molar-refractivity contribution is -0.125. The number of carbonyl (C=O) groups is 2. The van der Waals surface area contributed by atoms with Crippen molar-refractivity contribution in [1.82, 2.24) is 30.5 Å². The second-order valence-corrected chi connectivity index (χ2v) is 12.3. The third kappa shape index (κ3) is 6.50. The Morgan fingerprint density at radius 3 is 2.77 bits per heavy atom. The van der Waals surface area contributed by atoms with Crippen LogP contribution in [0, 0.1) is 0 Å². The van der Waals surface area contributed by atoms with Gasteiger partial charge in [0.25, 0.3) is 5.91 Å². The molecule has 0 bridgehead atoms. The van der Waals surface area contributed by atoms with Gasteiger partial charge in [-0.25, -0.2) is 15.0 Å². The summed E-state index contributed by atoms with van der Waals surface area (Å²) in [4.78, 5) is 44.7. The molecule has 232 valence electrons. The first-order valence-corrected chi connectivity index (χ1v) is 15.7. The summed E-state index contributed by atoms with van der Waals surface area (Å²) < 4.78 is 5.44. The van der Waals surface area contributed by atoms with Gasteiger partial charge in [-0.1, -0.05) is 29.8 Å². The van der Waals surface area contributed by atoms with Crippen LogP contribution in [-0.4, -0.2) is 82.6 Å². The third-order valence-electron chi connectivity index (χ3n) is 8.61. The van der Waals surface area contributed by atoms with Gasteiger partial charge in [-0.2, -0.15) is 0 Å². The molecule has 12 heteroatoms. The fourth-order valence-electron chi connectivity index (χ4n) is 5.99. The molecule has 2 saturated heterocycles. The Labute approximate surface area is 262 Å². The summed E-state index contributed by atoms with van der Waals surface area (Å²) >= 11 is 6.51. The molecular formula is C32H39ClN8O3. The van der Waals surface area contributed by atoms with Gasteiger partial charge in [0.05, 0.1) is 28.6 Å². The van der Waals surface area contributed by atoms with Gasteiger partial charge in [0.1, 0.15) is 11.9 Å². The predicted octanol–water partition coefficient (Wildman–Crippen LogP) is 3.80. The number of hydrogen-bond donors (Lipinski definition) is 3. The number of pyridine rings is 1. The Balaban J connectivity index is 1.12. The smallest absolute Gasteiger partial charge is 0.255 e. The van der Waals surface area contributed by atoms with Crippen molar-refractivity contribution >= 4 is 35.2 Å². The second kappa shape index (κ2) is 13.1. The molecule has 11 nitrogen and oxygen atoms in total. The highest BCUT2D eigenvalue weighted by Crippen LogP contribution is 2.32. The number of ether oxygens (including phenoxy) is 1. The minimum atomic E-state index is -0.670. The van der Waals surface area contributed by atoms with Gasteiger partial charge in [0.15, 0.2) is 0 Å². The molecule has 3 aromatic rings. The molecule has 5 heterocycles. The molecule has 2 fully saturated rings. The summed E-state index contributed by atoms with van der Waals surface area (Å²) in [6.45, 7) is 10.3. The van der Waals surface area contributed by atoms with Crippen LogP contribution in [0.1, 0.15) is 61.3 Å². The SMILES string of the molecule is C[C@@H]1CN(c2cccc([C@@H](C)NC(=O)[C@@H](C)N3Cc4ccc(-c5nc(NC6CCOCC6)ncc5Cl)cc4C3=O)n2)CCN1. The molecule has 44 heavy (non-hydrogen) atoms. The van der Waals surface area contributed by atoms with Crippen LogP contribution in [-0.2, 0) is 16.1 Å². The van der Waals surface area contributed by atoms with Crippen molar-refractivity contribution in [3.8, 4) is 11.3 Å². The number of hydrogen-bond acceptors (Lipinski definition) is 9. The number of nitrogens with one attached hydrogen (secondary N) is 3. The van der Waals surface area contributed by atoms with Crippen molar-refractivity contribution in [1.29, 1.82) is 0 Å². The number of carbonyl (C=O) groups excluding carboxylic acids is 2. The van der Waals surface area contributed by atoms with E-state index in [-0.39, 0.29) is 23.9 Å². The minimum absolute atomic E-state index is 0.198. The molecule has 3 N–H and O–H groups in total. The van der Waals surface area contributed by atoms with Gasteiger partial charge in [0.2, 0.25) is 11.9 Å². The van der Waals surface area contributed by atoms with E-state index in [1.54, 1.807) is 18.0 Å². The number of piperazine rings is 1. The molecule has 0 saturated carbocycles. The molecular weight excluding hydrogens is 580 g/mol. The van der Waals surface area contributed by atoms with E-state index in [2.05, 4.69) is 37.7 Å². The zero-order chi connectivity index (χ0) is 30.8. The van der Waals surface area contributed by atoms with Crippen LogP contribution in [0.4, 0.5) is 11.8 Å². The van der Waals surface area contributed by atoms with Gasteiger partial charge in [0, 0.05) is 62.6 Å². The number of amides is 2. The molecule has 0 unspecified atom stereocenters. The van der Waals surface area contributed by atoms with Crippen molar-refractivity contribution in [2.75, 3.05) is 43.1 Å². The first-order chi connectivity index (χ1) is 21.3. The molecule has 6 rings (SSSR count). The number of nitrogens with zero attached hydrogens (tertiary/aromatic N) is 5. The second-order valence-electron chi connectivity index (χ2n) is 11.9. The number of anilines is 2. The van der Waals surface area contributed by atoms with Crippen molar-refractivity contribution in [3.05, 3.63) is 64.4 Å². The fraction of sp³-hybridized carbons (Fsp3) is 0.469. The fourth-order valence-corrected chi connectivity index (χ4v) is 6.19. The third-order valence-corrected chi connectivity index (χ3v) is 8.89. The molecule has 3 aliphatic heterocycles. The Bertz CT molecular complexity index is 1530. The van der Waals surface area contributed by atoms with E-state index < -0.39 is 6.04 Å². The van der Waals surface area contributed by atoms with Gasteiger partial charge >= 0.3 is 0 Å². The largest absolute Gasteiger partial charge is 0.381 e. The zero-order valence-electron chi connectivity index (χ0n) is 25.3. The average Bonchev–Trinajstić information content (AvgIpc) is 3.37. The molecule has 2 amide bonds. The summed E-state index contributed by atoms with van der Waals surface area (Å²) in [5.41, 5.74) is 3.45. The molecule has 0 spiro atoms. The molecule has 2 aromatic heterocycles. The molecule has 0 radical (unpaired) electrons. The lowest BCUT2D eigenvalue weighted by Crippen LogP contribution is -2.49. The lowest BCUT2D eigenvalue weighted by atomic mass is 10.0. The Morgan fingerprint density at radius 1 is 1.16 bits per heavy atom. The van der Waals surface area contributed by atoms with E-state index in [0.29, 0.717) is 48.0 Å². The van der Waals surface area contributed by atoms with Crippen molar-refractivity contribution < 1.29 is 14.3 Å². The monoisotopic (exact) mass is 618 g/mol. The van der Waals surface area contributed by atoms with Gasteiger partial charge < -0.3 is 30.5 Å². The average molecular weight is 619 g/mol. The summed E-state index contributed by atoms with van der Waals surface area (Å²) in [6.07, 6.45) is 3.34. The zero-order valence-corrected chi connectivity index (χ0v) is 26.1. The van der Waals surface area contributed by atoms with Crippen LogP contribution < -0.4 is 20.9 Å². The van der Waals surface area contributed by atoms with E-state index in [1.165, 1.54) is 0 Å². The molecule has 1 aromatic carbocycles. The highest BCUT2D eigenvalue weighted by molar-refractivity contribution is 6.33. The predicted molar refractivity (Wildman–Crippen MR) is 170 cm³/mol. The van der Waals surface area contributed by atoms with Crippen LogP contribution in [0.5, 0.6) is 0 Å². The molecule has 3 atom stereocenters. The van der Waals surface area contributed by atoms with Crippen LogP contribution in [0.15, 0.2) is 42.6 Å². The highest BCUT2D eigenvalue weighted by Gasteiger charge is 2.35. The highest BCUT2D eigenvalue weighted by atomic mass is 35.5. The summed E-state index contributed by atoms with van der Waals surface area (Å²) in [6, 6.07) is 11.2. The number of fused-ring (bicyclic) bond motifs is 1. The standard InChI is InChI=1S/C32H39ClN8O3/c1-19-17-40(12-11-34-19)28-6-4-5-27(38-28)20(2)36-30(42)21(3)41-18-23-8-7-22(15-25(23)31(41)43)29-26(33)16-35-32(39-29)37-24-9-13-44-14-10-24/h4-8,15-16,19-21,24,34H,9-14,17-18H2,1-3H3,(H,36,42)(H,35,37,39)/t19-,20-,21-/m1/s1. The van der Waals surface area contributed by atoms with Crippen LogP contribution in [0.3, 0.4) is 0 Å². The number of halogens is 1. The Hall–Kier alpha value is -3.80. The van der Waals surface area contributed by atoms with Crippen LogP contribution in [0.2, 0.25) is 5.02 Å². The molecule has 0 aliphatic carbocycles. The van der Waals surface area contributed by atoms with Crippen molar-refractivity contribution in [2.45, 2.75) is 64.3 Å². The summed E-state index contributed by atoms with van der Waals surface area (Å²) in [7, 11) is 0. The van der Waals surface area contributed by atoms with Gasteiger partial charge in [-0.15, -0.1) is 0 Å². The molecule has 3 aliphatic rings. The maximum atomic E-state index is 13.6. The lowest BCUT2D eigenvalue weighted by Gasteiger charge is -2.33. The summed E-state index contributed by atoms with van der Waals surface area (Å²) in [5.74, 6) is 0.966. The van der Waals surface area contributed by atoms with Crippen LogP contribution in [0.25, 0.3) is 11.3 Å². The van der Waals surface area contributed by atoms with E-state index in [4.69, 9.17) is 21.3 Å². The number of aromatic nitrogens is 3. The minimum Gasteiger partial charge on any atom is -0.381 e. The van der Waals surface area contributed by atoms with Crippen molar-refractivity contribution in [2.24, 2.45) is 0 Å². The van der Waals surface area contributed by atoms with Crippen LogP contribution >= 0.6 is 11.6 Å². The van der Waals surface area contributed by atoms with E-state index >= 15 is 0 Å². The topological polar surface area (TPSA) is 125 Å².